The second kappa shape index (κ2) is 6.02. The predicted octanol–water partition coefficient (Wildman–Crippen LogP) is 5.18. The van der Waals surface area contributed by atoms with E-state index < -0.39 is 0 Å². The minimum absolute atomic E-state index is 0.701. The van der Waals surface area contributed by atoms with Crippen LogP contribution in [0.5, 0.6) is 0 Å². The summed E-state index contributed by atoms with van der Waals surface area (Å²) in [6.07, 6.45) is 0.937. The smallest absolute Gasteiger partial charge is 0.0413 e. The van der Waals surface area contributed by atoms with E-state index in [1.165, 1.54) is 11.1 Å². The van der Waals surface area contributed by atoms with Crippen molar-refractivity contribution in [3.05, 3.63) is 88.9 Å². The molecule has 3 aromatic rings. The first-order chi connectivity index (χ1) is 10.2. The van der Waals surface area contributed by atoms with Crippen molar-refractivity contribution in [3.63, 3.8) is 0 Å². The summed E-state index contributed by atoms with van der Waals surface area (Å²) in [4.78, 5) is 0. The van der Waals surface area contributed by atoms with Crippen molar-refractivity contribution in [2.24, 2.45) is 0 Å². The largest absolute Gasteiger partial charge is 0.398 e. The van der Waals surface area contributed by atoms with Crippen molar-refractivity contribution in [1.82, 2.24) is 0 Å². The maximum atomic E-state index is 6.05. The van der Waals surface area contributed by atoms with Crippen LogP contribution in [0.3, 0.4) is 0 Å². The van der Waals surface area contributed by atoms with Gasteiger partial charge in [0.05, 0.1) is 0 Å². The Morgan fingerprint density at radius 1 is 0.762 bits per heavy atom. The van der Waals surface area contributed by atoms with E-state index >= 15 is 0 Å². The summed E-state index contributed by atoms with van der Waals surface area (Å²) in [6, 6.07) is 24.5. The number of hydrogen-bond acceptors (Lipinski definition) is 1. The molecule has 0 aliphatic carbocycles. The minimum Gasteiger partial charge on any atom is -0.398 e. The van der Waals surface area contributed by atoms with E-state index in [0.29, 0.717) is 5.02 Å². The molecule has 0 aromatic heterocycles. The monoisotopic (exact) mass is 293 g/mol. The van der Waals surface area contributed by atoms with Gasteiger partial charge in [0.1, 0.15) is 0 Å². The molecule has 1 nitrogen and oxygen atoms in total. The van der Waals surface area contributed by atoms with Gasteiger partial charge >= 0.3 is 0 Å². The zero-order chi connectivity index (χ0) is 14.7. The van der Waals surface area contributed by atoms with Gasteiger partial charge in [0.25, 0.3) is 0 Å². The van der Waals surface area contributed by atoms with Crippen molar-refractivity contribution < 1.29 is 0 Å². The average molecular weight is 294 g/mol. The molecule has 3 aromatic carbocycles. The van der Waals surface area contributed by atoms with Gasteiger partial charge in [-0.05, 0) is 41.3 Å². The lowest BCUT2D eigenvalue weighted by molar-refractivity contribution is 1.19. The van der Waals surface area contributed by atoms with Crippen LogP contribution in [0.2, 0.25) is 5.02 Å². The van der Waals surface area contributed by atoms with Crippen LogP contribution in [-0.2, 0) is 6.42 Å². The summed E-state index contributed by atoms with van der Waals surface area (Å²) in [5.74, 6) is 0. The first-order valence-corrected chi connectivity index (χ1v) is 7.28. The number of hydrogen-bond donors (Lipinski definition) is 1. The Morgan fingerprint density at radius 3 is 2.14 bits per heavy atom. The zero-order valence-corrected chi connectivity index (χ0v) is 12.3. The third kappa shape index (κ3) is 3.26. The Labute approximate surface area is 130 Å². The van der Waals surface area contributed by atoms with E-state index in [-0.39, 0.29) is 0 Å². The number of halogens is 1. The van der Waals surface area contributed by atoms with Gasteiger partial charge in [0, 0.05) is 16.3 Å². The fourth-order valence-electron chi connectivity index (χ4n) is 2.41. The van der Waals surface area contributed by atoms with Crippen LogP contribution >= 0.6 is 11.6 Å². The molecule has 21 heavy (non-hydrogen) atoms. The van der Waals surface area contributed by atoms with Crippen LogP contribution in [0, 0.1) is 0 Å². The number of nitrogens with two attached hydrogens (primary N) is 1. The Morgan fingerprint density at radius 2 is 1.43 bits per heavy atom. The lowest BCUT2D eigenvalue weighted by atomic mass is 9.99. The van der Waals surface area contributed by atoms with E-state index in [1.807, 2.05) is 24.3 Å². The van der Waals surface area contributed by atoms with Crippen LogP contribution in [0.15, 0.2) is 72.8 Å². The quantitative estimate of drug-likeness (QED) is 0.662. The summed E-state index contributed by atoms with van der Waals surface area (Å²) in [7, 11) is 0. The Bertz CT molecular complexity index is 733. The summed E-state index contributed by atoms with van der Waals surface area (Å²) in [5.41, 5.74) is 11.4. The highest BCUT2D eigenvalue weighted by atomic mass is 35.5. The zero-order valence-electron chi connectivity index (χ0n) is 11.6. The number of rotatable bonds is 3. The lowest BCUT2D eigenvalue weighted by Gasteiger charge is -2.08. The van der Waals surface area contributed by atoms with Gasteiger partial charge < -0.3 is 5.73 Å². The van der Waals surface area contributed by atoms with Gasteiger partial charge in [0.15, 0.2) is 0 Å². The highest BCUT2D eigenvalue weighted by Gasteiger charge is 2.04. The van der Waals surface area contributed by atoms with Crippen LogP contribution in [0.4, 0.5) is 5.69 Å². The SMILES string of the molecule is Nc1ccc(Cl)cc1-c1ccc(Cc2ccccc2)cc1. The van der Waals surface area contributed by atoms with Crippen LogP contribution in [0.25, 0.3) is 11.1 Å². The van der Waals surface area contributed by atoms with Crippen molar-refractivity contribution in [3.8, 4) is 11.1 Å². The van der Waals surface area contributed by atoms with Crippen LogP contribution in [-0.4, -0.2) is 0 Å². The molecular weight excluding hydrogens is 278 g/mol. The summed E-state index contributed by atoms with van der Waals surface area (Å²) in [5, 5.41) is 0.701. The molecule has 0 spiro atoms. The molecule has 0 saturated carbocycles. The van der Waals surface area contributed by atoms with Gasteiger partial charge in [0.2, 0.25) is 0 Å². The topological polar surface area (TPSA) is 26.0 Å². The first kappa shape index (κ1) is 13.7. The molecule has 0 radical (unpaired) electrons. The van der Waals surface area contributed by atoms with Crippen LogP contribution in [0.1, 0.15) is 11.1 Å². The van der Waals surface area contributed by atoms with E-state index in [2.05, 4.69) is 48.5 Å². The number of benzene rings is 3. The third-order valence-electron chi connectivity index (χ3n) is 3.53. The molecule has 0 aliphatic heterocycles. The van der Waals surface area contributed by atoms with E-state index in [4.69, 9.17) is 17.3 Å². The lowest BCUT2D eigenvalue weighted by Crippen LogP contribution is -1.91. The molecular formula is C19H16ClN. The maximum Gasteiger partial charge on any atom is 0.0413 e. The van der Waals surface area contributed by atoms with Gasteiger partial charge in [-0.2, -0.15) is 0 Å². The summed E-state index contributed by atoms with van der Waals surface area (Å²) >= 11 is 6.05. The molecule has 104 valence electrons. The fraction of sp³-hybridized carbons (Fsp3) is 0.0526. The number of nitrogen functional groups attached to an aromatic ring is 1. The van der Waals surface area contributed by atoms with Crippen LogP contribution < -0.4 is 5.73 Å². The fourth-order valence-corrected chi connectivity index (χ4v) is 2.58. The van der Waals surface area contributed by atoms with E-state index in [1.54, 1.807) is 0 Å². The second-order valence-electron chi connectivity index (χ2n) is 5.09. The molecule has 0 bridgehead atoms. The van der Waals surface area contributed by atoms with Crippen molar-refractivity contribution in [2.45, 2.75) is 6.42 Å². The molecule has 0 amide bonds. The molecule has 0 heterocycles. The molecule has 0 aliphatic rings. The second-order valence-corrected chi connectivity index (χ2v) is 5.53. The normalized spacial score (nSPS) is 10.5. The number of anilines is 1. The summed E-state index contributed by atoms with van der Waals surface area (Å²) < 4.78 is 0. The molecule has 0 saturated heterocycles. The maximum absolute atomic E-state index is 6.05. The van der Waals surface area contributed by atoms with Gasteiger partial charge in [-0.15, -0.1) is 0 Å². The highest BCUT2D eigenvalue weighted by Crippen LogP contribution is 2.29. The average Bonchev–Trinajstić information content (AvgIpc) is 2.52. The molecule has 0 atom stereocenters. The molecule has 2 heteroatoms. The van der Waals surface area contributed by atoms with Crippen molar-refractivity contribution in [2.75, 3.05) is 5.73 Å². The Kier molecular flexibility index (Phi) is 3.94. The van der Waals surface area contributed by atoms with Crippen molar-refractivity contribution >= 4 is 17.3 Å². The van der Waals surface area contributed by atoms with E-state index in [0.717, 1.165) is 23.2 Å². The molecule has 2 N–H and O–H groups in total. The molecule has 0 unspecified atom stereocenters. The third-order valence-corrected chi connectivity index (χ3v) is 3.77. The van der Waals surface area contributed by atoms with Gasteiger partial charge in [-0.1, -0.05) is 66.2 Å². The van der Waals surface area contributed by atoms with E-state index in [9.17, 15) is 0 Å². The standard InChI is InChI=1S/C19H16ClN/c20-17-10-11-19(21)18(13-17)16-8-6-15(7-9-16)12-14-4-2-1-3-5-14/h1-11,13H,12,21H2. The van der Waals surface area contributed by atoms with Crippen molar-refractivity contribution in [1.29, 1.82) is 0 Å². The van der Waals surface area contributed by atoms with Gasteiger partial charge in [-0.3, -0.25) is 0 Å². The highest BCUT2D eigenvalue weighted by molar-refractivity contribution is 6.31. The Balaban J connectivity index is 1.85. The molecule has 3 rings (SSSR count). The molecule has 0 fully saturated rings. The minimum atomic E-state index is 0.701. The first-order valence-electron chi connectivity index (χ1n) is 6.90. The van der Waals surface area contributed by atoms with Gasteiger partial charge in [-0.25, -0.2) is 0 Å². The predicted molar refractivity (Wildman–Crippen MR) is 90.5 cm³/mol. The summed E-state index contributed by atoms with van der Waals surface area (Å²) in [6.45, 7) is 0. The Hall–Kier alpha value is -2.25.